The second-order valence-corrected chi connectivity index (χ2v) is 23.1. The number of benzene rings is 6. The van der Waals surface area contributed by atoms with Crippen molar-refractivity contribution in [3.05, 3.63) is 170 Å². The van der Waals surface area contributed by atoms with E-state index >= 15 is 0 Å². The molecule has 67 heavy (non-hydrogen) atoms. The number of phenols is 2. The van der Waals surface area contributed by atoms with Crippen LogP contribution in [-0.2, 0) is 43.4 Å². The van der Waals surface area contributed by atoms with E-state index in [1.54, 1.807) is 0 Å². The van der Waals surface area contributed by atoms with Crippen LogP contribution in [0.1, 0.15) is 156 Å². The number of aromatic hydroxyl groups is 2. The second-order valence-electron chi connectivity index (χ2n) is 23.1. The molecule has 3 heteroatoms. The molecule has 0 unspecified atom stereocenters. The van der Waals surface area contributed by atoms with Crippen LogP contribution >= 0.6 is 0 Å². The molecule has 354 valence electrons. The molecule has 2 nitrogen and oxygen atoms in total. The fourth-order valence-corrected chi connectivity index (χ4v) is 11.5. The first-order valence-electron chi connectivity index (χ1n) is 24.2. The average molecular weight is 931 g/mol. The molecule has 0 saturated heterocycles. The Morgan fingerprint density at radius 3 is 0.970 bits per heavy atom. The van der Waals surface area contributed by atoms with E-state index in [0.29, 0.717) is 35.2 Å². The van der Waals surface area contributed by atoms with Crippen molar-refractivity contribution in [1.82, 2.24) is 0 Å². The van der Waals surface area contributed by atoms with Gasteiger partial charge >= 0.3 is 21.7 Å². The van der Waals surface area contributed by atoms with Gasteiger partial charge in [0, 0.05) is 22.0 Å². The predicted molar refractivity (Wildman–Crippen MR) is 288 cm³/mol. The molecule has 2 N–H and O–H groups in total. The monoisotopic (exact) mass is 931 g/mol. The largest absolute Gasteiger partial charge is 2.00 e. The van der Waals surface area contributed by atoms with Gasteiger partial charge in [0.05, 0.1) is 0 Å². The molecule has 2 aliphatic carbocycles. The summed E-state index contributed by atoms with van der Waals surface area (Å²) in [7, 11) is 0. The average Bonchev–Trinajstić information content (AvgIpc) is 3.62. The molecule has 8 rings (SSSR count). The Hall–Kier alpha value is -4.37. The predicted octanol–water partition coefficient (Wildman–Crippen LogP) is 18.3. The fraction of sp³-hybridized carbons (Fsp3) is 0.406. The van der Waals surface area contributed by atoms with E-state index in [1.807, 2.05) is 24.3 Å². The maximum Gasteiger partial charge on any atom is 2.00 e. The molecule has 0 aromatic heterocycles. The Labute approximate surface area is 423 Å². The third kappa shape index (κ3) is 10.9. The first kappa shape index (κ1) is 55.2. The minimum absolute atomic E-state index is 0. The first-order valence-corrected chi connectivity index (χ1v) is 24.2. The maximum atomic E-state index is 10.8. The summed E-state index contributed by atoms with van der Waals surface area (Å²) in [5, 5.41) is 21.6. The van der Waals surface area contributed by atoms with Crippen LogP contribution < -0.4 is 0 Å². The minimum Gasteiger partial charge on any atom is -0.507 e. The van der Waals surface area contributed by atoms with Crippen molar-refractivity contribution in [3.63, 3.8) is 0 Å². The third-order valence-corrected chi connectivity index (χ3v) is 13.9. The van der Waals surface area contributed by atoms with E-state index in [9.17, 15) is 10.2 Å². The van der Waals surface area contributed by atoms with Gasteiger partial charge in [-0.1, -0.05) is 182 Å². The molecular formula is C64H82O2Ti. The van der Waals surface area contributed by atoms with Crippen LogP contribution in [0.15, 0.2) is 121 Å². The van der Waals surface area contributed by atoms with Crippen molar-refractivity contribution < 1.29 is 31.9 Å². The van der Waals surface area contributed by atoms with Gasteiger partial charge in [-0.25, -0.2) is 0 Å². The zero-order valence-corrected chi connectivity index (χ0v) is 45.6. The zero-order chi connectivity index (χ0) is 46.5. The molecule has 0 fully saturated rings. The van der Waals surface area contributed by atoms with E-state index in [0.717, 1.165) is 47.9 Å². The van der Waals surface area contributed by atoms with Crippen LogP contribution in [0.25, 0.3) is 44.5 Å². The molecule has 2 aliphatic rings. The number of fused-ring (bicyclic) bond motifs is 6. The zero-order valence-electron chi connectivity index (χ0n) is 44.1. The molecule has 0 bridgehead atoms. The topological polar surface area (TPSA) is 40.5 Å². The van der Waals surface area contributed by atoms with E-state index in [2.05, 4.69) is 194 Å². The summed E-state index contributed by atoms with van der Waals surface area (Å²) in [6.07, 6.45) is 4.53. The second kappa shape index (κ2) is 21.1. The Morgan fingerprint density at radius 1 is 0.373 bits per heavy atom. The number of phenolic OH excluding ortho intramolecular Hbond substituents is 2. The van der Waals surface area contributed by atoms with Gasteiger partial charge in [0.2, 0.25) is 0 Å². The van der Waals surface area contributed by atoms with Gasteiger partial charge < -0.3 is 25.1 Å². The smallest absolute Gasteiger partial charge is 0.507 e. The van der Waals surface area contributed by atoms with Crippen molar-refractivity contribution in [2.24, 2.45) is 23.7 Å². The third-order valence-electron chi connectivity index (χ3n) is 13.9. The normalized spacial score (nSPS) is 14.0. The standard InChI is InChI=1S/2C31H38O.2CH3.Ti/c2*1-20(2)18-31(19-21(3)4)27-11-9-8-10-24(27)25-14-12-22(16-28(25)31)26-17-23(30(5,6)7)13-15-29(26)32;;;/h2*8-17,20-21,32H,18-19H2,1-7H3;2*1H3;/q;;2*-1;+2. The van der Waals surface area contributed by atoms with Gasteiger partial charge in [0.25, 0.3) is 0 Å². The van der Waals surface area contributed by atoms with E-state index < -0.39 is 0 Å². The van der Waals surface area contributed by atoms with Gasteiger partial charge in [0.1, 0.15) is 11.5 Å². The molecular weight excluding hydrogens is 849 g/mol. The molecule has 0 spiro atoms. The van der Waals surface area contributed by atoms with Gasteiger partial charge in [0.15, 0.2) is 0 Å². The number of hydrogen-bond acceptors (Lipinski definition) is 2. The quantitative estimate of drug-likeness (QED) is 0.106. The summed E-state index contributed by atoms with van der Waals surface area (Å²) in [5.41, 5.74) is 17.9. The maximum absolute atomic E-state index is 10.8. The summed E-state index contributed by atoms with van der Waals surface area (Å²) in [6.45, 7) is 32.0. The molecule has 6 aromatic rings. The van der Waals surface area contributed by atoms with Crippen LogP contribution in [0, 0.1) is 38.5 Å². The summed E-state index contributed by atoms with van der Waals surface area (Å²) in [5.74, 6) is 3.07. The summed E-state index contributed by atoms with van der Waals surface area (Å²) in [6, 6.07) is 43.8. The Bertz CT molecular complexity index is 2420. The fourth-order valence-electron chi connectivity index (χ4n) is 11.5. The Morgan fingerprint density at radius 2 is 0.672 bits per heavy atom. The van der Waals surface area contributed by atoms with E-state index in [-0.39, 0.29) is 58.2 Å². The van der Waals surface area contributed by atoms with Crippen LogP contribution in [0.2, 0.25) is 0 Å². The molecule has 0 saturated carbocycles. The molecule has 0 atom stereocenters. The SMILES string of the molecule is CC(C)CC1(CC(C)C)c2ccccc2-c2ccc(-c3cc(C(C)(C)C)ccc3O)cc21.CC(C)CC1(CC(C)C)c2ccccc2-c2ccc(-c3cc(C(C)(C)C)ccc3O)cc21.[CH3-].[CH3-].[Ti+2]. The van der Waals surface area contributed by atoms with Gasteiger partial charge in [-0.05, 0) is 163 Å². The molecule has 6 aromatic carbocycles. The Kier molecular flexibility index (Phi) is 17.4. The molecule has 0 aliphatic heterocycles. The summed E-state index contributed by atoms with van der Waals surface area (Å²) in [4.78, 5) is 0. The summed E-state index contributed by atoms with van der Waals surface area (Å²) >= 11 is 0. The molecule has 0 amide bonds. The first-order chi connectivity index (χ1) is 30.1. The van der Waals surface area contributed by atoms with Crippen molar-refractivity contribution in [3.8, 4) is 56.0 Å². The number of rotatable bonds is 10. The summed E-state index contributed by atoms with van der Waals surface area (Å²) < 4.78 is 0. The van der Waals surface area contributed by atoms with E-state index in [1.165, 1.54) is 55.6 Å². The molecule has 0 heterocycles. The van der Waals surface area contributed by atoms with Gasteiger partial charge in [-0.15, -0.1) is 0 Å². The van der Waals surface area contributed by atoms with Crippen molar-refractivity contribution >= 4 is 0 Å². The molecule has 0 radical (unpaired) electrons. The Balaban J connectivity index is 0.000000280. The van der Waals surface area contributed by atoms with Crippen LogP contribution in [0.3, 0.4) is 0 Å². The van der Waals surface area contributed by atoms with Crippen molar-refractivity contribution in [2.45, 2.75) is 144 Å². The van der Waals surface area contributed by atoms with Gasteiger partial charge in [-0.2, -0.15) is 0 Å². The number of hydrogen-bond donors (Lipinski definition) is 2. The van der Waals surface area contributed by atoms with Gasteiger partial charge in [-0.3, -0.25) is 0 Å². The van der Waals surface area contributed by atoms with E-state index in [4.69, 9.17) is 0 Å². The van der Waals surface area contributed by atoms with Crippen LogP contribution in [0.4, 0.5) is 0 Å². The van der Waals surface area contributed by atoms with Crippen LogP contribution in [0.5, 0.6) is 11.5 Å². The van der Waals surface area contributed by atoms with Crippen molar-refractivity contribution in [1.29, 1.82) is 0 Å². The minimum atomic E-state index is 0. The van der Waals surface area contributed by atoms with Crippen LogP contribution in [-0.4, -0.2) is 10.2 Å². The van der Waals surface area contributed by atoms with Crippen molar-refractivity contribution in [2.75, 3.05) is 0 Å².